The van der Waals surface area contributed by atoms with Crippen LogP contribution in [0.4, 0.5) is 0 Å². The number of hydrogen-bond donors (Lipinski definition) is 1. The summed E-state index contributed by atoms with van der Waals surface area (Å²) in [6.07, 6.45) is 8.21. The molecule has 0 atom stereocenters. The van der Waals surface area contributed by atoms with Crippen LogP contribution >= 0.6 is 0 Å². The van der Waals surface area contributed by atoms with Gasteiger partial charge in [0.2, 0.25) is 0 Å². The summed E-state index contributed by atoms with van der Waals surface area (Å²) < 4.78 is 5.83. The van der Waals surface area contributed by atoms with Crippen molar-refractivity contribution in [2.24, 2.45) is 11.8 Å². The quantitative estimate of drug-likeness (QED) is 0.743. The van der Waals surface area contributed by atoms with E-state index < -0.39 is 0 Å². The Kier molecular flexibility index (Phi) is 7.08. The maximum Gasteiger partial charge on any atom is 0.119 e. The van der Waals surface area contributed by atoms with Gasteiger partial charge in [0, 0.05) is 6.54 Å². The Balaban J connectivity index is 1.70. The molecule has 1 aliphatic rings. The Morgan fingerprint density at radius 1 is 1.19 bits per heavy atom. The van der Waals surface area contributed by atoms with Crippen LogP contribution in [0.5, 0.6) is 5.75 Å². The molecule has 1 fully saturated rings. The molecule has 0 aromatic heterocycles. The zero-order valence-electron chi connectivity index (χ0n) is 13.7. The van der Waals surface area contributed by atoms with Gasteiger partial charge >= 0.3 is 0 Å². The van der Waals surface area contributed by atoms with E-state index in [1.54, 1.807) is 0 Å². The van der Waals surface area contributed by atoms with Gasteiger partial charge < -0.3 is 10.1 Å². The Labute approximate surface area is 130 Å². The zero-order chi connectivity index (χ0) is 14.9. The molecule has 0 aliphatic heterocycles. The zero-order valence-corrected chi connectivity index (χ0v) is 13.7. The SMILES string of the molecule is CC(C)CCOc1cccc(CNCC2CCCCC2)c1. The van der Waals surface area contributed by atoms with Crippen molar-refractivity contribution in [1.82, 2.24) is 5.32 Å². The molecule has 0 bridgehead atoms. The van der Waals surface area contributed by atoms with E-state index in [0.717, 1.165) is 31.2 Å². The Bertz CT molecular complexity index is 396. The second-order valence-electron chi connectivity index (χ2n) is 6.81. The summed E-state index contributed by atoms with van der Waals surface area (Å²) in [6, 6.07) is 8.52. The Morgan fingerprint density at radius 3 is 2.76 bits per heavy atom. The highest BCUT2D eigenvalue weighted by Crippen LogP contribution is 2.23. The summed E-state index contributed by atoms with van der Waals surface area (Å²) in [4.78, 5) is 0. The summed E-state index contributed by atoms with van der Waals surface area (Å²) in [7, 11) is 0. The molecule has 2 rings (SSSR count). The van der Waals surface area contributed by atoms with Crippen LogP contribution < -0.4 is 10.1 Å². The summed E-state index contributed by atoms with van der Waals surface area (Å²) in [6.45, 7) is 7.40. The number of benzene rings is 1. The van der Waals surface area contributed by atoms with Crippen molar-refractivity contribution >= 4 is 0 Å². The van der Waals surface area contributed by atoms with Gasteiger partial charge in [-0.05, 0) is 55.3 Å². The van der Waals surface area contributed by atoms with Crippen molar-refractivity contribution in [3.8, 4) is 5.75 Å². The van der Waals surface area contributed by atoms with E-state index in [-0.39, 0.29) is 0 Å². The smallest absolute Gasteiger partial charge is 0.119 e. The van der Waals surface area contributed by atoms with Crippen LogP contribution in [0.15, 0.2) is 24.3 Å². The highest BCUT2D eigenvalue weighted by atomic mass is 16.5. The molecule has 1 aromatic carbocycles. The van der Waals surface area contributed by atoms with Gasteiger partial charge in [0.05, 0.1) is 6.61 Å². The van der Waals surface area contributed by atoms with E-state index in [9.17, 15) is 0 Å². The number of nitrogens with one attached hydrogen (secondary N) is 1. The minimum Gasteiger partial charge on any atom is -0.494 e. The average molecular weight is 289 g/mol. The van der Waals surface area contributed by atoms with Gasteiger partial charge in [-0.25, -0.2) is 0 Å². The summed E-state index contributed by atoms with van der Waals surface area (Å²) in [5, 5.41) is 3.62. The standard InChI is InChI=1S/C19H31NO/c1-16(2)11-12-21-19-10-6-9-18(13-19)15-20-14-17-7-4-3-5-8-17/h6,9-10,13,16-17,20H,3-5,7-8,11-12,14-15H2,1-2H3. The fourth-order valence-corrected chi connectivity index (χ4v) is 2.97. The molecule has 0 saturated heterocycles. The molecular weight excluding hydrogens is 258 g/mol. The van der Waals surface area contributed by atoms with Crippen molar-refractivity contribution in [2.45, 2.75) is 58.9 Å². The lowest BCUT2D eigenvalue weighted by molar-refractivity contribution is 0.289. The monoisotopic (exact) mass is 289 g/mol. The topological polar surface area (TPSA) is 21.3 Å². The van der Waals surface area contributed by atoms with Gasteiger partial charge in [0.15, 0.2) is 0 Å². The van der Waals surface area contributed by atoms with Gasteiger partial charge in [0.25, 0.3) is 0 Å². The van der Waals surface area contributed by atoms with Crippen LogP contribution in [-0.4, -0.2) is 13.2 Å². The van der Waals surface area contributed by atoms with Crippen LogP contribution in [0.2, 0.25) is 0 Å². The van der Waals surface area contributed by atoms with Crippen LogP contribution in [0, 0.1) is 11.8 Å². The van der Waals surface area contributed by atoms with Crippen LogP contribution in [0.3, 0.4) is 0 Å². The van der Waals surface area contributed by atoms with Gasteiger partial charge in [-0.1, -0.05) is 45.2 Å². The maximum absolute atomic E-state index is 5.83. The lowest BCUT2D eigenvalue weighted by Crippen LogP contribution is -2.24. The number of ether oxygens (including phenoxy) is 1. The molecule has 0 heterocycles. The van der Waals surface area contributed by atoms with Crippen LogP contribution in [-0.2, 0) is 6.54 Å². The predicted molar refractivity (Wildman–Crippen MR) is 89.7 cm³/mol. The third-order valence-electron chi connectivity index (χ3n) is 4.35. The first-order valence-corrected chi connectivity index (χ1v) is 8.66. The first-order chi connectivity index (χ1) is 10.2. The minimum atomic E-state index is 0.699. The van der Waals surface area contributed by atoms with Gasteiger partial charge in [-0.2, -0.15) is 0 Å². The second kappa shape index (κ2) is 9.09. The first kappa shape index (κ1) is 16.4. The van der Waals surface area contributed by atoms with Crippen LogP contribution in [0.1, 0.15) is 57.9 Å². The normalized spacial score (nSPS) is 16.3. The van der Waals surface area contributed by atoms with Crippen LogP contribution in [0.25, 0.3) is 0 Å². The molecule has 0 radical (unpaired) electrons. The van der Waals surface area contributed by atoms with E-state index in [1.165, 1.54) is 44.2 Å². The maximum atomic E-state index is 5.83. The molecule has 1 N–H and O–H groups in total. The van der Waals surface area contributed by atoms with E-state index in [4.69, 9.17) is 4.74 Å². The largest absolute Gasteiger partial charge is 0.494 e. The molecule has 1 aliphatic carbocycles. The van der Waals surface area contributed by atoms with Crippen molar-refractivity contribution in [1.29, 1.82) is 0 Å². The van der Waals surface area contributed by atoms with E-state index in [1.807, 2.05) is 0 Å². The first-order valence-electron chi connectivity index (χ1n) is 8.66. The van der Waals surface area contributed by atoms with E-state index in [2.05, 4.69) is 43.4 Å². The van der Waals surface area contributed by atoms with Gasteiger partial charge in [-0.15, -0.1) is 0 Å². The fourth-order valence-electron chi connectivity index (χ4n) is 2.97. The molecular formula is C19H31NO. The van der Waals surface area contributed by atoms with Crippen molar-refractivity contribution in [3.63, 3.8) is 0 Å². The lowest BCUT2D eigenvalue weighted by Gasteiger charge is -2.21. The molecule has 1 saturated carbocycles. The summed E-state index contributed by atoms with van der Waals surface area (Å²) in [5.74, 6) is 2.60. The molecule has 21 heavy (non-hydrogen) atoms. The molecule has 0 spiro atoms. The number of hydrogen-bond acceptors (Lipinski definition) is 2. The summed E-state index contributed by atoms with van der Waals surface area (Å²) in [5.41, 5.74) is 1.33. The molecule has 1 aromatic rings. The number of rotatable bonds is 8. The van der Waals surface area contributed by atoms with Gasteiger partial charge in [0.1, 0.15) is 5.75 Å². The van der Waals surface area contributed by atoms with Gasteiger partial charge in [-0.3, -0.25) is 0 Å². The highest BCUT2D eigenvalue weighted by molar-refractivity contribution is 5.28. The molecule has 118 valence electrons. The fraction of sp³-hybridized carbons (Fsp3) is 0.684. The lowest BCUT2D eigenvalue weighted by atomic mass is 9.89. The van der Waals surface area contributed by atoms with E-state index >= 15 is 0 Å². The van der Waals surface area contributed by atoms with E-state index in [0.29, 0.717) is 5.92 Å². The molecule has 2 heteroatoms. The Hall–Kier alpha value is -1.02. The minimum absolute atomic E-state index is 0.699. The highest BCUT2D eigenvalue weighted by Gasteiger charge is 2.12. The third-order valence-corrected chi connectivity index (χ3v) is 4.35. The molecule has 2 nitrogen and oxygen atoms in total. The molecule has 0 amide bonds. The van der Waals surface area contributed by atoms with Crippen molar-refractivity contribution in [2.75, 3.05) is 13.2 Å². The second-order valence-corrected chi connectivity index (χ2v) is 6.81. The van der Waals surface area contributed by atoms with Crippen molar-refractivity contribution < 1.29 is 4.74 Å². The Morgan fingerprint density at radius 2 is 2.00 bits per heavy atom. The average Bonchev–Trinajstić information content (AvgIpc) is 2.48. The predicted octanol–water partition coefficient (Wildman–Crippen LogP) is 4.78. The molecule has 0 unspecified atom stereocenters. The van der Waals surface area contributed by atoms with Crippen molar-refractivity contribution in [3.05, 3.63) is 29.8 Å². The summed E-state index contributed by atoms with van der Waals surface area (Å²) >= 11 is 0. The third kappa shape index (κ3) is 6.52.